The van der Waals surface area contributed by atoms with Gasteiger partial charge in [-0.1, -0.05) is 6.92 Å². The second-order valence-corrected chi connectivity index (χ2v) is 4.49. The fourth-order valence-corrected chi connectivity index (χ4v) is 1.81. The van der Waals surface area contributed by atoms with Crippen LogP contribution in [0.25, 0.3) is 0 Å². The summed E-state index contributed by atoms with van der Waals surface area (Å²) in [7, 11) is 6.22. The lowest BCUT2D eigenvalue weighted by Crippen LogP contribution is -2.25. The lowest BCUT2D eigenvalue weighted by Gasteiger charge is -2.22. The highest BCUT2D eigenvalue weighted by Gasteiger charge is 2.11. The second-order valence-electron chi connectivity index (χ2n) is 4.49. The van der Waals surface area contributed by atoms with Crippen molar-refractivity contribution in [2.45, 2.75) is 19.8 Å². The van der Waals surface area contributed by atoms with Crippen molar-refractivity contribution < 1.29 is 0 Å². The maximum absolute atomic E-state index is 5.86. The predicted octanol–water partition coefficient (Wildman–Crippen LogP) is 1.01. The van der Waals surface area contributed by atoms with Crippen LogP contribution >= 0.6 is 0 Å². The molecule has 0 fully saturated rings. The first-order valence-electron chi connectivity index (χ1n) is 6.01. The monoisotopic (exact) mass is 237 g/mol. The Morgan fingerprint density at radius 3 is 2.47 bits per heavy atom. The number of aromatic nitrogens is 2. The summed E-state index contributed by atoms with van der Waals surface area (Å²) in [5, 5.41) is 0. The number of hydrogen-bond donors (Lipinski definition) is 1. The summed E-state index contributed by atoms with van der Waals surface area (Å²) in [6.07, 6.45) is 3.50. The molecule has 1 aromatic heterocycles. The Kier molecular flexibility index (Phi) is 5.15. The highest BCUT2D eigenvalue weighted by molar-refractivity contribution is 5.56. The number of nitrogens with two attached hydrogens (primary N) is 1. The molecule has 0 amide bonds. The van der Waals surface area contributed by atoms with Crippen molar-refractivity contribution in [3.05, 3.63) is 11.9 Å². The van der Waals surface area contributed by atoms with E-state index in [1.165, 1.54) is 6.33 Å². The number of nitrogen functional groups attached to an aromatic ring is 1. The average molecular weight is 237 g/mol. The molecule has 5 nitrogen and oxygen atoms in total. The normalized spacial score (nSPS) is 10.9. The van der Waals surface area contributed by atoms with Gasteiger partial charge in [-0.3, -0.25) is 0 Å². The van der Waals surface area contributed by atoms with Gasteiger partial charge in [-0.15, -0.1) is 0 Å². The summed E-state index contributed by atoms with van der Waals surface area (Å²) >= 11 is 0. The standard InChI is InChI=1S/C12H23N5/c1-5-10-11(13)14-9-15-12(10)17(4)8-6-7-16(2)3/h9H,5-8H2,1-4H3,(H2,13,14,15). The predicted molar refractivity (Wildman–Crippen MR) is 72.3 cm³/mol. The van der Waals surface area contributed by atoms with E-state index in [9.17, 15) is 0 Å². The Balaban J connectivity index is 2.68. The molecule has 0 bridgehead atoms. The van der Waals surface area contributed by atoms with Crippen molar-refractivity contribution in [2.24, 2.45) is 0 Å². The van der Waals surface area contributed by atoms with Crippen LogP contribution in [-0.4, -0.2) is 49.1 Å². The number of hydrogen-bond acceptors (Lipinski definition) is 5. The van der Waals surface area contributed by atoms with Gasteiger partial charge in [0.15, 0.2) is 0 Å². The lowest BCUT2D eigenvalue weighted by atomic mass is 10.2. The van der Waals surface area contributed by atoms with E-state index in [4.69, 9.17) is 5.73 Å². The van der Waals surface area contributed by atoms with Crippen LogP contribution in [0.4, 0.5) is 11.6 Å². The molecule has 0 aromatic carbocycles. The van der Waals surface area contributed by atoms with Crippen LogP contribution in [0.5, 0.6) is 0 Å². The minimum atomic E-state index is 0.594. The smallest absolute Gasteiger partial charge is 0.137 e. The van der Waals surface area contributed by atoms with E-state index >= 15 is 0 Å². The highest BCUT2D eigenvalue weighted by Crippen LogP contribution is 2.20. The Hall–Kier alpha value is -1.36. The van der Waals surface area contributed by atoms with Crippen molar-refractivity contribution in [2.75, 3.05) is 44.9 Å². The highest BCUT2D eigenvalue weighted by atomic mass is 15.2. The molecule has 1 heterocycles. The molecule has 1 rings (SSSR count). The van der Waals surface area contributed by atoms with E-state index in [0.717, 1.165) is 37.3 Å². The van der Waals surface area contributed by atoms with Gasteiger partial charge in [0, 0.05) is 19.2 Å². The maximum Gasteiger partial charge on any atom is 0.137 e. The first-order valence-corrected chi connectivity index (χ1v) is 6.01. The van der Waals surface area contributed by atoms with Gasteiger partial charge in [0.05, 0.1) is 0 Å². The van der Waals surface area contributed by atoms with Crippen LogP contribution in [0.3, 0.4) is 0 Å². The molecule has 0 spiro atoms. The SMILES string of the molecule is CCc1c(N)ncnc1N(C)CCCN(C)C. The summed E-state index contributed by atoms with van der Waals surface area (Å²) < 4.78 is 0. The van der Waals surface area contributed by atoms with Gasteiger partial charge in [-0.2, -0.15) is 0 Å². The lowest BCUT2D eigenvalue weighted by molar-refractivity contribution is 0.401. The van der Waals surface area contributed by atoms with Gasteiger partial charge in [0.25, 0.3) is 0 Å². The van der Waals surface area contributed by atoms with Crippen LogP contribution in [0.2, 0.25) is 0 Å². The molecular weight excluding hydrogens is 214 g/mol. The molecule has 0 saturated heterocycles. The van der Waals surface area contributed by atoms with Gasteiger partial charge in [0.1, 0.15) is 18.0 Å². The van der Waals surface area contributed by atoms with Gasteiger partial charge in [0.2, 0.25) is 0 Å². The summed E-state index contributed by atoms with van der Waals surface area (Å²) in [5.74, 6) is 1.55. The van der Waals surface area contributed by atoms with E-state index in [1.807, 2.05) is 0 Å². The molecule has 96 valence electrons. The largest absolute Gasteiger partial charge is 0.383 e. The fraction of sp³-hybridized carbons (Fsp3) is 0.667. The van der Waals surface area contributed by atoms with Crippen molar-refractivity contribution in [3.63, 3.8) is 0 Å². The van der Waals surface area contributed by atoms with Crippen molar-refractivity contribution in [3.8, 4) is 0 Å². The van der Waals surface area contributed by atoms with Gasteiger partial charge >= 0.3 is 0 Å². The zero-order valence-electron chi connectivity index (χ0n) is 11.3. The first kappa shape index (κ1) is 13.7. The first-order chi connectivity index (χ1) is 8.06. The number of nitrogens with zero attached hydrogens (tertiary/aromatic N) is 4. The molecule has 0 radical (unpaired) electrons. The summed E-state index contributed by atoms with van der Waals surface area (Å²) in [4.78, 5) is 12.7. The van der Waals surface area contributed by atoms with Crippen molar-refractivity contribution in [1.29, 1.82) is 0 Å². The van der Waals surface area contributed by atoms with E-state index in [0.29, 0.717) is 5.82 Å². The molecule has 1 aromatic rings. The zero-order chi connectivity index (χ0) is 12.8. The van der Waals surface area contributed by atoms with E-state index < -0.39 is 0 Å². The van der Waals surface area contributed by atoms with Gasteiger partial charge in [-0.05, 0) is 33.5 Å². The van der Waals surface area contributed by atoms with Crippen LogP contribution in [0.1, 0.15) is 18.9 Å². The summed E-state index contributed by atoms with van der Waals surface area (Å²) in [5.41, 5.74) is 6.90. The number of anilines is 2. The Labute approximate surface area is 104 Å². The van der Waals surface area contributed by atoms with E-state index in [1.54, 1.807) is 0 Å². The summed E-state index contributed by atoms with van der Waals surface area (Å²) in [6.45, 7) is 4.13. The minimum Gasteiger partial charge on any atom is -0.383 e. The minimum absolute atomic E-state index is 0.594. The second kappa shape index (κ2) is 6.39. The topological polar surface area (TPSA) is 58.3 Å². The molecule has 17 heavy (non-hydrogen) atoms. The Morgan fingerprint density at radius 2 is 1.88 bits per heavy atom. The molecule has 5 heteroatoms. The van der Waals surface area contributed by atoms with Crippen LogP contribution in [0, 0.1) is 0 Å². The fourth-order valence-electron chi connectivity index (χ4n) is 1.81. The van der Waals surface area contributed by atoms with Crippen LogP contribution < -0.4 is 10.6 Å². The Morgan fingerprint density at radius 1 is 1.18 bits per heavy atom. The Bertz CT molecular complexity index is 351. The third-order valence-electron chi connectivity index (χ3n) is 2.77. The van der Waals surface area contributed by atoms with Gasteiger partial charge < -0.3 is 15.5 Å². The molecule has 0 atom stereocenters. The third-order valence-corrected chi connectivity index (χ3v) is 2.77. The van der Waals surface area contributed by atoms with E-state index in [-0.39, 0.29) is 0 Å². The summed E-state index contributed by atoms with van der Waals surface area (Å²) in [6, 6.07) is 0. The van der Waals surface area contributed by atoms with Crippen LogP contribution in [0.15, 0.2) is 6.33 Å². The molecule has 2 N–H and O–H groups in total. The van der Waals surface area contributed by atoms with Gasteiger partial charge in [-0.25, -0.2) is 9.97 Å². The molecule has 0 aliphatic carbocycles. The number of rotatable bonds is 6. The average Bonchev–Trinajstić information content (AvgIpc) is 2.28. The van der Waals surface area contributed by atoms with Crippen molar-refractivity contribution >= 4 is 11.6 Å². The molecule has 0 saturated carbocycles. The molecular formula is C12H23N5. The molecule has 0 unspecified atom stereocenters. The zero-order valence-corrected chi connectivity index (χ0v) is 11.3. The molecule has 0 aliphatic rings. The molecule has 0 aliphatic heterocycles. The maximum atomic E-state index is 5.86. The van der Waals surface area contributed by atoms with Crippen molar-refractivity contribution in [1.82, 2.24) is 14.9 Å². The van der Waals surface area contributed by atoms with Crippen LogP contribution in [-0.2, 0) is 6.42 Å². The third kappa shape index (κ3) is 3.85. The quantitative estimate of drug-likeness (QED) is 0.800. The van der Waals surface area contributed by atoms with E-state index in [2.05, 4.69) is 47.8 Å².